The average Bonchev–Trinajstić information content (AvgIpc) is 3.18. The number of anilines is 1. The number of nitrogens with one attached hydrogen (secondary N) is 1. The van der Waals surface area contributed by atoms with Gasteiger partial charge in [0.25, 0.3) is 5.56 Å². The van der Waals surface area contributed by atoms with Gasteiger partial charge in [0.2, 0.25) is 5.91 Å². The number of benzene rings is 2. The smallest absolute Gasteiger partial charge is 0.263 e. The fourth-order valence-corrected chi connectivity index (χ4v) is 4.53. The third kappa shape index (κ3) is 3.89. The normalized spacial score (nSPS) is 12.2. The van der Waals surface area contributed by atoms with E-state index in [1.54, 1.807) is 25.1 Å². The zero-order valence-corrected chi connectivity index (χ0v) is 19.3. The quantitative estimate of drug-likeness (QED) is 0.420. The number of amides is 1. The number of halogens is 1. The zero-order valence-electron chi connectivity index (χ0n) is 17.7. The topological polar surface area (TPSA) is 64.0 Å². The van der Waals surface area contributed by atoms with E-state index >= 15 is 0 Å². The number of aromatic nitrogens is 2. The highest BCUT2D eigenvalue weighted by molar-refractivity contribution is 7.17. The molecule has 0 saturated carbocycles. The summed E-state index contributed by atoms with van der Waals surface area (Å²) < 4.78 is 1.38. The molecular weight excluding hydrogens is 430 g/mol. The summed E-state index contributed by atoms with van der Waals surface area (Å²) in [4.78, 5) is 31.4. The van der Waals surface area contributed by atoms with Gasteiger partial charge in [0.1, 0.15) is 10.9 Å². The molecule has 158 valence electrons. The Morgan fingerprint density at radius 2 is 1.94 bits per heavy atom. The second-order valence-electron chi connectivity index (χ2n) is 7.66. The lowest BCUT2D eigenvalue weighted by molar-refractivity contribution is -0.118. The van der Waals surface area contributed by atoms with Gasteiger partial charge in [-0.1, -0.05) is 35.9 Å². The second kappa shape index (κ2) is 8.29. The first-order valence-electron chi connectivity index (χ1n) is 9.90. The summed E-state index contributed by atoms with van der Waals surface area (Å²) in [6.45, 7) is 7.63. The Hall–Kier alpha value is -2.96. The van der Waals surface area contributed by atoms with Gasteiger partial charge in [-0.15, -0.1) is 11.3 Å². The van der Waals surface area contributed by atoms with Crippen LogP contribution < -0.4 is 10.9 Å². The molecule has 0 aliphatic heterocycles. The molecular formula is C24H22ClN3O2S. The number of carbonyl (C=O) groups excluding carboxylic acids is 1. The molecule has 31 heavy (non-hydrogen) atoms. The molecule has 0 bridgehead atoms. The number of rotatable bonds is 4. The highest BCUT2D eigenvalue weighted by atomic mass is 35.5. The summed E-state index contributed by atoms with van der Waals surface area (Å²) in [5, 5.41) is 5.93. The highest BCUT2D eigenvalue weighted by Gasteiger charge is 2.21. The standard InChI is InChI=1S/C24H22ClN3O2S/c1-13-8-9-17(10-14(13)2)18-11-31-23-21(18)24(30)28(12-26-23)16(4)22(29)27-20-7-5-6-19(25)15(20)3/h5-12,16H,1-4H3,(H,27,29). The van der Waals surface area contributed by atoms with Crippen LogP contribution in [0.1, 0.15) is 29.7 Å². The van der Waals surface area contributed by atoms with E-state index in [1.165, 1.54) is 27.8 Å². The largest absolute Gasteiger partial charge is 0.324 e. The Kier molecular flexibility index (Phi) is 5.69. The van der Waals surface area contributed by atoms with Crippen LogP contribution in [0.5, 0.6) is 0 Å². The molecule has 0 fully saturated rings. The lowest BCUT2D eigenvalue weighted by Crippen LogP contribution is -2.31. The SMILES string of the molecule is Cc1ccc(-c2csc3ncn(C(C)C(=O)Nc4cccc(Cl)c4C)c(=O)c23)cc1C. The Morgan fingerprint density at radius 1 is 1.16 bits per heavy atom. The fraction of sp³-hybridized carbons (Fsp3) is 0.208. The molecule has 7 heteroatoms. The van der Waals surface area contributed by atoms with E-state index < -0.39 is 6.04 Å². The molecule has 5 nitrogen and oxygen atoms in total. The van der Waals surface area contributed by atoms with Crippen LogP contribution in [0.25, 0.3) is 21.3 Å². The number of hydrogen-bond donors (Lipinski definition) is 1. The van der Waals surface area contributed by atoms with Gasteiger partial charge in [0.05, 0.1) is 11.7 Å². The third-order valence-corrected chi connectivity index (χ3v) is 6.96. The van der Waals surface area contributed by atoms with Gasteiger partial charge in [-0.05, 0) is 62.1 Å². The lowest BCUT2D eigenvalue weighted by atomic mass is 10.0. The number of carbonyl (C=O) groups is 1. The van der Waals surface area contributed by atoms with Crippen molar-refractivity contribution in [2.45, 2.75) is 33.7 Å². The van der Waals surface area contributed by atoms with Crippen LogP contribution in [0.4, 0.5) is 5.69 Å². The van der Waals surface area contributed by atoms with Crippen molar-refractivity contribution in [3.05, 3.63) is 80.2 Å². The van der Waals surface area contributed by atoms with Crippen molar-refractivity contribution in [2.24, 2.45) is 0 Å². The van der Waals surface area contributed by atoms with Gasteiger partial charge >= 0.3 is 0 Å². The monoisotopic (exact) mass is 451 g/mol. The highest BCUT2D eigenvalue weighted by Crippen LogP contribution is 2.32. The molecule has 1 atom stereocenters. The molecule has 0 aliphatic carbocycles. The number of hydrogen-bond acceptors (Lipinski definition) is 4. The summed E-state index contributed by atoms with van der Waals surface area (Å²) in [5.74, 6) is -0.309. The molecule has 0 aliphatic rings. The first kappa shape index (κ1) is 21.3. The van der Waals surface area contributed by atoms with Gasteiger partial charge in [0.15, 0.2) is 0 Å². The van der Waals surface area contributed by atoms with E-state index in [9.17, 15) is 9.59 Å². The van der Waals surface area contributed by atoms with E-state index in [4.69, 9.17) is 11.6 Å². The molecule has 4 aromatic rings. The minimum Gasteiger partial charge on any atom is -0.324 e. The van der Waals surface area contributed by atoms with Gasteiger partial charge in [-0.25, -0.2) is 4.98 Å². The number of aryl methyl sites for hydroxylation is 2. The molecule has 1 unspecified atom stereocenters. The molecule has 2 aromatic carbocycles. The van der Waals surface area contributed by atoms with Crippen molar-refractivity contribution >= 4 is 44.7 Å². The van der Waals surface area contributed by atoms with E-state index in [0.717, 1.165) is 22.3 Å². The van der Waals surface area contributed by atoms with Gasteiger partial charge < -0.3 is 5.32 Å². The summed E-state index contributed by atoms with van der Waals surface area (Å²) in [5.41, 5.74) is 5.33. The Bertz CT molecular complexity index is 1370. The lowest BCUT2D eigenvalue weighted by Gasteiger charge is -2.16. The van der Waals surface area contributed by atoms with Crippen LogP contribution in [0.15, 0.2) is 52.9 Å². The molecule has 1 N–H and O–H groups in total. The summed E-state index contributed by atoms with van der Waals surface area (Å²) in [6, 6.07) is 10.7. The van der Waals surface area contributed by atoms with Crippen molar-refractivity contribution in [3.63, 3.8) is 0 Å². The van der Waals surface area contributed by atoms with E-state index in [-0.39, 0.29) is 11.5 Å². The van der Waals surface area contributed by atoms with Crippen molar-refractivity contribution in [3.8, 4) is 11.1 Å². The summed E-state index contributed by atoms with van der Waals surface area (Å²) >= 11 is 7.58. The molecule has 2 aromatic heterocycles. The summed E-state index contributed by atoms with van der Waals surface area (Å²) in [7, 11) is 0. The molecule has 4 rings (SSSR count). The van der Waals surface area contributed by atoms with Gasteiger partial charge in [-0.3, -0.25) is 14.2 Å². The number of fused-ring (bicyclic) bond motifs is 1. The molecule has 2 heterocycles. The fourth-order valence-electron chi connectivity index (χ4n) is 3.45. The Morgan fingerprint density at radius 3 is 2.68 bits per heavy atom. The van der Waals surface area contributed by atoms with E-state index in [1.807, 2.05) is 31.4 Å². The number of thiophene rings is 1. The van der Waals surface area contributed by atoms with Crippen molar-refractivity contribution in [2.75, 3.05) is 5.32 Å². The minimum absolute atomic E-state index is 0.232. The maximum atomic E-state index is 13.4. The van der Waals surface area contributed by atoms with Crippen LogP contribution in [-0.4, -0.2) is 15.5 Å². The molecule has 0 spiro atoms. The van der Waals surface area contributed by atoms with Crippen LogP contribution in [-0.2, 0) is 4.79 Å². The van der Waals surface area contributed by atoms with Crippen LogP contribution in [0.2, 0.25) is 5.02 Å². The van der Waals surface area contributed by atoms with Crippen LogP contribution in [0.3, 0.4) is 0 Å². The van der Waals surface area contributed by atoms with Gasteiger partial charge in [-0.2, -0.15) is 0 Å². The van der Waals surface area contributed by atoms with Crippen molar-refractivity contribution in [1.29, 1.82) is 0 Å². The molecule has 1 amide bonds. The van der Waals surface area contributed by atoms with Crippen molar-refractivity contribution in [1.82, 2.24) is 9.55 Å². The second-order valence-corrected chi connectivity index (χ2v) is 8.93. The van der Waals surface area contributed by atoms with Crippen LogP contribution >= 0.6 is 22.9 Å². The molecule has 0 radical (unpaired) electrons. The average molecular weight is 452 g/mol. The molecule has 0 saturated heterocycles. The number of nitrogens with zero attached hydrogens (tertiary/aromatic N) is 2. The first-order valence-corrected chi connectivity index (χ1v) is 11.2. The Labute approximate surface area is 189 Å². The Balaban J connectivity index is 1.73. The summed E-state index contributed by atoms with van der Waals surface area (Å²) in [6.07, 6.45) is 1.44. The maximum Gasteiger partial charge on any atom is 0.263 e. The van der Waals surface area contributed by atoms with E-state index in [2.05, 4.69) is 23.3 Å². The zero-order chi connectivity index (χ0) is 22.3. The van der Waals surface area contributed by atoms with E-state index in [0.29, 0.717) is 20.9 Å². The maximum absolute atomic E-state index is 13.4. The minimum atomic E-state index is -0.740. The predicted molar refractivity (Wildman–Crippen MR) is 128 cm³/mol. The first-order chi connectivity index (χ1) is 14.8. The van der Waals surface area contributed by atoms with Crippen LogP contribution in [0, 0.1) is 20.8 Å². The van der Waals surface area contributed by atoms with Crippen molar-refractivity contribution < 1.29 is 4.79 Å². The predicted octanol–water partition coefficient (Wildman–Crippen LogP) is 5.90. The van der Waals surface area contributed by atoms with Gasteiger partial charge in [0, 0.05) is 21.7 Å². The third-order valence-electron chi connectivity index (χ3n) is 5.66.